The van der Waals surface area contributed by atoms with E-state index in [1.54, 1.807) is 0 Å². The van der Waals surface area contributed by atoms with E-state index in [0.29, 0.717) is 5.69 Å². The van der Waals surface area contributed by atoms with Crippen molar-refractivity contribution in [1.82, 2.24) is 4.98 Å². The Balaban J connectivity index is 2.52. The van der Waals surface area contributed by atoms with Crippen LogP contribution >= 0.6 is 0 Å². The standard InChI is InChI=1S/C10H14FN3O3S/c1-18(16,17)5-4-8(12)10(15)14-7-2-3-9(11)13-6-7/h2-3,6,8H,4-5,12H2,1H3,(H,14,15). The van der Waals surface area contributed by atoms with Crippen LogP contribution in [0.25, 0.3) is 0 Å². The summed E-state index contributed by atoms with van der Waals surface area (Å²) in [7, 11) is -3.15. The van der Waals surface area contributed by atoms with Crippen molar-refractivity contribution in [1.29, 1.82) is 0 Å². The summed E-state index contributed by atoms with van der Waals surface area (Å²) in [6, 6.07) is 1.49. The Morgan fingerprint density at radius 2 is 2.22 bits per heavy atom. The lowest BCUT2D eigenvalue weighted by Crippen LogP contribution is -2.37. The van der Waals surface area contributed by atoms with E-state index in [-0.39, 0.29) is 12.2 Å². The second-order valence-electron chi connectivity index (χ2n) is 3.88. The van der Waals surface area contributed by atoms with Crippen LogP contribution in [0.3, 0.4) is 0 Å². The fourth-order valence-electron chi connectivity index (χ4n) is 1.16. The first kappa shape index (κ1) is 14.5. The Morgan fingerprint density at radius 1 is 1.56 bits per heavy atom. The number of sulfone groups is 1. The molecule has 0 aliphatic heterocycles. The number of carbonyl (C=O) groups is 1. The summed E-state index contributed by atoms with van der Waals surface area (Å²) in [6.07, 6.45) is 2.25. The summed E-state index contributed by atoms with van der Waals surface area (Å²) in [5.41, 5.74) is 5.83. The van der Waals surface area contributed by atoms with Crippen LogP contribution in [0.2, 0.25) is 0 Å². The number of amides is 1. The normalized spacial score (nSPS) is 13.1. The van der Waals surface area contributed by atoms with Crippen LogP contribution in [-0.2, 0) is 14.6 Å². The van der Waals surface area contributed by atoms with Crippen molar-refractivity contribution in [3.63, 3.8) is 0 Å². The van der Waals surface area contributed by atoms with E-state index in [4.69, 9.17) is 5.73 Å². The van der Waals surface area contributed by atoms with E-state index >= 15 is 0 Å². The van der Waals surface area contributed by atoms with Crippen molar-refractivity contribution in [3.05, 3.63) is 24.3 Å². The molecule has 1 aromatic heterocycles. The minimum atomic E-state index is -3.15. The zero-order chi connectivity index (χ0) is 13.8. The monoisotopic (exact) mass is 275 g/mol. The second kappa shape index (κ2) is 5.87. The first-order valence-electron chi connectivity index (χ1n) is 5.13. The zero-order valence-corrected chi connectivity index (χ0v) is 10.6. The highest BCUT2D eigenvalue weighted by molar-refractivity contribution is 7.90. The maximum absolute atomic E-state index is 12.5. The fourth-order valence-corrected chi connectivity index (χ4v) is 1.84. The molecule has 0 saturated carbocycles. The molecule has 1 rings (SSSR count). The van der Waals surface area contributed by atoms with Gasteiger partial charge in [-0.25, -0.2) is 13.4 Å². The highest BCUT2D eigenvalue weighted by atomic mass is 32.2. The molecule has 1 heterocycles. The van der Waals surface area contributed by atoms with Crippen LogP contribution < -0.4 is 11.1 Å². The van der Waals surface area contributed by atoms with Gasteiger partial charge in [0.1, 0.15) is 9.84 Å². The second-order valence-corrected chi connectivity index (χ2v) is 6.14. The van der Waals surface area contributed by atoms with Gasteiger partial charge in [0, 0.05) is 6.26 Å². The molecule has 100 valence electrons. The number of nitrogens with two attached hydrogens (primary N) is 1. The highest BCUT2D eigenvalue weighted by Crippen LogP contribution is 2.06. The Bertz CT molecular complexity index is 516. The number of halogens is 1. The molecule has 3 N–H and O–H groups in total. The van der Waals surface area contributed by atoms with Crippen LogP contribution in [0.5, 0.6) is 0 Å². The number of nitrogens with zero attached hydrogens (tertiary/aromatic N) is 1. The zero-order valence-electron chi connectivity index (χ0n) is 9.76. The average molecular weight is 275 g/mol. The molecule has 1 aromatic rings. The SMILES string of the molecule is CS(=O)(=O)CCC(N)C(=O)Nc1ccc(F)nc1. The molecular formula is C10H14FN3O3S. The molecule has 0 aliphatic carbocycles. The molecule has 8 heteroatoms. The predicted octanol–water partition coefficient (Wildman–Crippen LogP) is -0.0788. The minimum absolute atomic E-state index is 0.0271. The predicted molar refractivity (Wildman–Crippen MR) is 65.1 cm³/mol. The number of pyridine rings is 1. The lowest BCUT2D eigenvalue weighted by Gasteiger charge is -2.11. The molecule has 0 saturated heterocycles. The van der Waals surface area contributed by atoms with Crippen molar-refractivity contribution < 1.29 is 17.6 Å². The van der Waals surface area contributed by atoms with Crippen LogP contribution in [0.1, 0.15) is 6.42 Å². The van der Waals surface area contributed by atoms with Crippen molar-refractivity contribution in [2.45, 2.75) is 12.5 Å². The van der Waals surface area contributed by atoms with Gasteiger partial charge in [0.15, 0.2) is 0 Å². The lowest BCUT2D eigenvalue weighted by atomic mass is 10.2. The number of aromatic nitrogens is 1. The molecule has 0 bridgehead atoms. The lowest BCUT2D eigenvalue weighted by molar-refractivity contribution is -0.117. The quantitative estimate of drug-likeness (QED) is 0.732. The van der Waals surface area contributed by atoms with Crippen LogP contribution in [0.15, 0.2) is 18.3 Å². The number of carbonyl (C=O) groups excluding carboxylic acids is 1. The molecule has 1 unspecified atom stereocenters. The van der Waals surface area contributed by atoms with E-state index in [9.17, 15) is 17.6 Å². The van der Waals surface area contributed by atoms with Crippen LogP contribution in [-0.4, -0.2) is 37.4 Å². The summed E-state index contributed by atoms with van der Waals surface area (Å²) in [6.45, 7) is 0. The van der Waals surface area contributed by atoms with E-state index in [2.05, 4.69) is 10.3 Å². The highest BCUT2D eigenvalue weighted by Gasteiger charge is 2.16. The molecule has 1 atom stereocenters. The van der Waals surface area contributed by atoms with Crippen molar-refractivity contribution in [3.8, 4) is 0 Å². The summed E-state index contributed by atoms with van der Waals surface area (Å²) in [4.78, 5) is 14.9. The van der Waals surface area contributed by atoms with Gasteiger partial charge in [-0.05, 0) is 18.6 Å². The van der Waals surface area contributed by atoms with Gasteiger partial charge in [0.05, 0.1) is 23.7 Å². The molecule has 6 nitrogen and oxygen atoms in total. The van der Waals surface area contributed by atoms with Gasteiger partial charge in [-0.3, -0.25) is 4.79 Å². The van der Waals surface area contributed by atoms with Crippen LogP contribution in [0, 0.1) is 5.95 Å². The molecule has 0 aliphatic rings. The van der Waals surface area contributed by atoms with E-state index in [0.717, 1.165) is 18.5 Å². The van der Waals surface area contributed by atoms with Crippen molar-refractivity contribution in [2.75, 3.05) is 17.3 Å². The number of hydrogen-bond donors (Lipinski definition) is 2. The Kier molecular flexibility index (Phi) is 4.74. The van der Waals surface area contributed by atoms with E-state index in [1.807, 2.05) is 0 Å². The largest absolute Gasteiger partial charge is 0.323 e. The van der Waals surface area contributed by atoms with Gasteiger partial charge in [0.25, 0.3) is 0 Å². The number of hydrogen-bond acceptors (Lipinski definition) is 5. The number of anilines is 1. The van der Waals surface area contributed by atoms with Crippen LogP contribution in [0.4, 0.5) is 10.1 Å². The van der Waals surface area contributed by atoms with Gasteiger partial charge in [-0.1, -0.05) is 0 Å². The topological polar surface area (TPSA) is 102 Å². The van der Waals surface area contributed by atoms with Gasteiger partial charge in [-0.15, -0.1) is 0 Å². The van der Waals surface area contributed by atoms with Gasteiger partial charge >= 0.3 is 0 Å². The molecule has 18 heavy (non-hydrogen) atoms. The first-order valence-corrected chi connectivity index (χ1v) is 7.20. The smallest absolute Gasteiger partial charge is 0.241 e. The number of rotatable bonds is 5. The third-order valence-electron chi connectivity index (χ3n) is 2.13. The third-order valence-corrected chi connectivity index (χ3v) is 3.11. The maximum atomic E-state index is 12.5. The summed E-state index contributed by atoms with van der Waals surface area (Å²) < 4.78 is 34.3. The Labute approximate surface area is 104 Å². The average Bonchev–Trinajstić information content (AvgIpc) is 2.28. The molecule has 0 spiro atoms. The van der Waals surface area contributed by atoms with Crippen molar-refractivity contribution in [2.24, 2.45) is 5.73 Å². The summed E-state index contributed by atoms with van der Waals surface area (Å²) in [5.74, 6) is -1.36. The molecule has 0 radical (unpaired) electrons. The van der Waals surface area contributed by atoms with E-state index < -0.39 is 27.7 Å². The third kappa shape index (κ3) is 5.19. The minimum Gasteiger partial charge on any atom is -0.323 e. The number of nitrogens with one attached hydrogen (secondary N) is 1. The van der Waals surface area contributed by atoms with Gasteiger partial charge in [-0.2, -0.15) is 4.39 Å². The Hall–Kier alpha value is -1.54. The Morgan fingerprint density at radius 3 is 2.72 bits per heavy atom. The molecule has 1 amide bonds. The van der Waals surface area contributed by atoms with Gasteiger partial charge in [0.2, 0.25) is 11.9 Å². The van der Waals surface area contributed by atoms with Gasteiger partial charge < -0.3 is 11.1 Å². The summed E-state index contributed by atoms with van der Waals surface area (Å²) in [5, 5.41) is 2.42. The van der Waals surface area contributed by atoms with E-state index in [1.165, 1.54) is 6.07 Å². The molecule has 0 fully saturated rings. The molecule has 0 aromatic carbocycles. The first-order chi connectivity index (χ1) is 8.28. The van der Waals surface area contributed by atoms with Crippen molar-refractivity contribution >= 4 is 21.4 Å². The fraction of sp³-hybridized carbons (Fsp3) is 0.400. The summed E-state index contributed by atoms with van der Waals surface area (Å²) >= 11 is 0. The molecular weight excluding hydrogens is 261 g/mol. The maximum Gasteiger partial charge on any atom is 0.241 e.